The summed E-state index contributed by atoms with van der Waals surface area (Å²) in [6.45, 7) is 1.03. The topological polar surface area (TPSA) is 97.3 Å². The molecule has 31 heavy (non-hydrogen) atoms. The standard InChI is InChI=1S/C21H20ClN5O3S/c22-7-19(28)27(17-3-1-14(2-4-17)18-10-25-13-31-18)20(15-8-23-12-24-9-15)21(29)26-16-5-6-30-11-16/h1-4,8-10,12-13,16,20H,5-7,11H2,(H,26,29)/t16-,20-/m0/s1. The van der Waals surface area contributed by atoms with Crippen LogP contribution >= 0.6 is 22.9 Å². The number of aromatic nitrogens is 3. The molecule has 0 aliphatic carbocycles. The molecule has 10 heteroatoms. The van der Waals surface area contributed by atoms with Gasteiger partial charge in [0.2, 0.25) is 11.8 Å². The summed E-state index contributed by atoms with van der Waals surface area (Å²) in [5.74, 6) is -1.02. The van der Waals surface area contributed by atoms with Crippen molar-refractivity contribution in [1.29, 1.82) is 0 Å². The molecule has 0 bridgehead atoms. The van der Waals surface area contributed by atoms with Gasteiger partial charge in [-0.1, -0.05) is 12.1 Å². The van der Waals surface area contributed by atoms with E-state index in [0.29, 0.717) is 24.5 Å². The van der Waals surface area contributed by atoms with E-state index in [-0.39, 0.29) is 17.8 Å². The number of ether oxygens (including phenoxy) is 1. The van der Waals surface area contributed by atoms with E-state index in [4.69, 9.17) is 16.3 Å². The average molecular weight is 458 g/mol. The van der Waals surface area contributed by atoms with Crippen LogP contribution in [0, 0.1) is 0 Å². The normalized spacial score (nSPS) is 16.6. The van der Waals surface area contributed by atoms with Crippen molar-refractivity contribution in [2.24, 2.45) is 0 Å². The summed E-state index contributed by atoms with van der Waals surface area (Å²) in [7, 11) is 0. The van der Waals surface area contributed by atoms with Gasteiger partial charge in [-0.05, 0) is 24.1 Å². The fourth-order valence-electron chi connectivity index (χ4n) is 3.44. The van der Waals surface area contributed by atoms with Gasteiger partial charge >= 0.3 is 0 Å². The summed E-state index contributed by atoms with van der Waals surface area (Å²) >= 11 is 7.46. The first kappa shape index (κ1) is 21.4. The lowest BCUT2D eigenvalue weighted by atomic mass is 10.0. The number of carbonyl (C=O) groups excluding carboxylic acids is 2. The molecule has 4 rings (SSSR count). The van der Waals surface area contributed by atoms with Gasteiger partial charge in [0.1, 0.15) is 18.2 Å². The van der Waals surface area contributed by atoms with E-state index >= 15 is 0 Å². The van der Waals surface area contributed by atoms with Crippen LogP contribution in [0.15, 0.2) is 54.7 Å². The monoisotopic (exact) mass is 457 g/mol. The second kappa shape index (κ2) is 9.95. The van der Waals surface area contributed by atoms with Crippen molar-refractivity contribution in [3.63, 3.8) is 0 Å². The number of thiazole rings is 1. The number of anilines is 1. The largest absolute Gasteiger partial charge is 0.379 e. The van der Waals surface area contributed by atoms with Gasteiger partial charge in [-0.3, -0.25) is 19.5 Å². The molecule has 8 nitrogen and oxygen atoms in total. The zero-order chi connectivity index (χ0) is 21.6. The minimum atomic E-state index is -0.970. The van der Waals surface area contributed by atoms with Crippen molar-refractivity contribution in [2.75, 3.05) is 24.0 Å². The predicted octanol–water partition coefficient (Wildman–Crippen LogP) is 2.82. The summed E-state index contributed by atoms with van der Waals surface area (Å²) < 4.78 is 5.36. The smallest absolute Gasteiger partial charge is 0.248 e. The zero-order valence-electron chi connectivity index (χ0n) is 16.5. The Bertz CT molecular complexity index is 1010. The van der Waals surface area contributed by atoms with Crippen molar-refractivity contribution >= 4 is 40.4 Å². The predicted molar refractivity (Wildman–Crippen MR) is 118 cm³/mol. The first-order valence-corrected chi connectivity index (χ1v) is 11.1. The molecule has 3 aromatic rings. The molecule has 1 aliphatic rings. The van der Waals surface area contributed by atoms with E-state index in [0.717, 1.165) is 16.9 Å². The van der Waals surface area contributed by atoms with E-state index in [2.05, 4.69) is 20.3 Å². The van der Waals surface area contributed by atoms with Crippen molar-refractivity contribution in [1.82, 2.24) is 20.3 Å². The SMILES string of the molecule is O=C(N[C@H]1CCOC1)[C@H](c1cncnc1)N(C(=O)CCl)c1ccc(-c2cncs2)cc1. The Hall–Kier alpha value is -2.88. The molecule has 1 N–H and O–H groups in total. The second-order valence-electron chi connectivity index (χ2n) is 6.95. The number of amides is 2. The number of benzene rings is 1. The summed E-state index contributed by atoms with van der Waals surface area (Å²) in [6, 6.07) is 6.28. The number of nitrogens with zero attached hydrogens (tertiary/aromatic N) is 4. The highest BCUT2D eigenvalue weighted by atomic mass is 35.5. The quantitative estimate of drug-likeness (QED) is 0.548. The zero-order valence-corrected chi connectivity index (χ0v) is 18.1. The first-order valence-electron chi connectivity index (χ1n) is 9.67. The maximum absolute atomic E-state index is 13.3. The number of carbonyl (C=O) groups is 2. The molecular formula is C21H20ClN5O3S. The van der Waals surface area contributed by atoms with Crippen molar-refractivity contribution in [2.45, 2.75) is 18.5 Å². The van der Waals surface area contributed by atoms with Gasteiger partial charge in [0, 0.05) is 36.4 Å². The lowest BCUT2D eigenvalue weighted by molar-refractivity contribution is -0.126. The molecular weight excluding hydrogens is 438 g/mol. The third kappa shape index (κ3) is 4.90. The summed E-state index contributed by atoms with van der Waals surface area (Å²) in [5, 5.41) is 2.98. The van der Waals surface area contributed by atoms with E-state index in [9.17, 15) is 9.59 Å². The van der Waals surface area contributed by atoms with Gasteiger partial charge in [-0.2, -0.15) is 0 Å². The number of nitrogens with one attached hydrogen (secondary N) is 1. The maximum atomic E-state index is 13.3. The molecule has 1 saturated heterocycles. The molecule has 0 unspecified atom stereocenters. The molecule has 1 fully saturated rings. The van der Waals surface area contributed by atoms with E-state index in [1.165, 1.54) is 35.0 Å². The Morgan fingerprint density at radius 1 is 1.19 bits per heavy atom. The molecule has 2 amide bonds. The Labute approximate surface area is 188 Å². The lowest BCUT2D eigenvalue weighted by Gasteiger charge is -2.31. The Balaban J connectivity index is 1.70. The number of hydrogen-bond donors (Lipinski definition) is 1. The van der Waals surface area contributed by atoms with Gasteiger partial charge in [-0.25, -0.2) is 9.97 Å². The summed E-state index contributed by atoms with van der Waals surface area (Å²) in [6.07, 6.45) is 6.94. The highest BCUT2D eigenvalue weighted by Gasteiger charge is 2.34. The fourth-order valence-corrected chi connectivity index (χ4v) is 4.20. The molecule has 0 spiro atoms. The van der Waals surface area contributed by atoms with Crippen LogP contribution in [0.3, 0.4) is 0 Å². The van der Waals surface area contributed by atoms with Crippen LogP contribution in [0.5, 0.6) is 0 Å². The first-order chi connectivity index (χ1) is 15.2. The van der Waals surface area contributed by atoms with Crippen LogP contribution in [-0.4, -0.2) is 51.9 Å². The molecule has 2 atom stereocenters. The maximum Gasteiger partial charge on any atom is 0.248 e. The van der Waals surface area contributed by atoms with Crippen LogP contribution in [0.1, 0.15) is 18.0 Å². The Morgan fingerprint density at radius 2 is 1.97 bits per heavy atom. The van der Waals surface area contributed by atoms with Crippen LogP contribution < -0.4 is 10.2 Å². The van der Waals surface area contributed by atoms with Crippen LogP contribution in [-0.2, 0) is 14.3 Å². The van der Waals surface area contributed by atoms with Gasteiger partial charge < -0.3 is 10.1 Å². The minimum absolute atomic E-state index is 0.110. The highest BCUT2D eigenvalue weighted by Crippen LogP contribution is 2.31. The Kier molecular flexibility index (Phi) is 6.86. The number of halogens is 1. The van der Waals surface area contributed by atoms with E-state index in [1.807, 2.05) is 12.1 Å². The van der Waals surface area contributed by atoms with Gasteiger partial charge in [0.25, 0.3) is 0 Å². The number of hydrogen-bond acceptors (Lipinski definition) is 7. The van der Waals surface area contributed by atoms with Crippen LogP contribution in [0.2, 0.25) is 0 Å². The third-order valence-corrected chi connectivity index (χ3v) is 5.98. The van der Waals surface area contributed by atoms with Gasteiger partial charge in [0.05, 0.1) is 23.0 Å². The molecule has 2 aromatic heterocycles. The molecule has 0 radical (unpaired) electrons. The van der Waals surface area contributed by atoms with Crippen LogP contribution in [0.4, 0.5) is 5.69 Å². The molecule has 160 valence electrons. The third-order valence-electron chi connectivity index (χ3n) is 4.92. The molecule has 1 aromatic carbocycles. The lowest BCUT2D eigenvalue weighted by Crippen LogP contribution is -2.47. The second-order valence-corrected chi connectivity index (χ2v) is 8.11. The minimum Gasteiger partial charge on any atom is -0.379 e. The molecule has 0 saturated carbocycles. The van der Waals surface area contributed by atoms with E-state index in [1.54, 1.807) is 23.8 Å². The van der Waals surface area contributed by atoms with Gasteiger partial charge in [0.15, 0.2) is 0 Å². The molecule has 1 aliphatic heterocycles. The van der Waals surface area contributed by atoms with Crippen molar-refractivity contribution in [3.8, 4) is 10.4 Å². The fraction of sp³-hybridized carbons (Fsp3) is 0.286. The van der Waals surface area contributed by atoms with Gasteiger partial charge in [-0.15, -0.1) is 22.9 Å². The van der Waals surface area contributed by atoms with Crippen molar-refractivity contribution < 1.29 is 14.3 Å². The average Bonchev–Trinajstić information content (AvgIpc) is 3.52. The number of alkyl halides is 1. The van der Waals surface area contributed by atoms with Crippen LogP contribution in [0.25, 0.3) is 10.4 Å². The summed E-state index contributed by atoms with van der Waals surface area (Å²) in [5.41, 5.74) is 3.76. The number of rotatable bonds is 7. The summed E-state index contributed by atoms with van der Waals surface area (Å²) in [4.78, 5) is 40.8. The highest BCUT2D eigenvalue weighted by molar-refractivity contribution is 7.13. The Morgan fingerprint density at radius 3 is 2.58 bits per heavy atom. The van der Waals surface area contributed by atoms with E-state index < -0.39 is 11.9 Å². The van der Waals surface area contributed by atoms with Crippen molar-refractivity contribution in [3.05, 3.63) is 60.3 Å². The molecule has 3 heterocycles.